The normalized spacial score (nSPS) is 23.5. The molecule has 0 radical (unpaired) electrons. The van der Waals surface area contributed by atoms with E-state index in [9.17, 15) is 4.39 Å². The molecule has 0 bridgehead atoms. The van der Waals surface area contributed by atoms with Crippen LogP contribution >= 0.6 is 24.0 Å². The topological polar surface area (TPSA) is 58.1 Å². The summed E-state index contributed by atoms with van der Waals surface area (Å²) in [6.45, 7) is 6.36. The third kappa shape index (κ3) is 6.73. The first-order chi connectivity index (χ1) is 13.2. The maximum absolute atomic E-state index is 13.3. The van der Waals surface area contributed by atoms with E-state index in [-0.39, 0.29) is 42.0 Å². The van der Waals surface area contributed by atoms with Crippen LogP contribution in [-0.2, 0) is 4.74 Å². The quantitative estimate of drug-likeness (QED) is 0.339. The predicted octanol–water partition coefficient (Wildman–Crippen LogP) is 2.63. The van der Waals surface area contributed by atoms with Gasteiger partial charge in [-0.15, -0.1) is 24.0 Å². The van der Waals surface area contributed by atoms with Crippen molar-refractivity contribution in [1.29, 1.82) is 0 Å². The Morgan fingerprint density at radius 3 is 3.04 bits per heavy atom. The van der Waals surface area contributed by atoms with Gasteiger partial charge in [0.25, 0.3) is 0 Å². The fraction of sp³-hybridized carbons (Fsp3) is 0.650. The molecule has 28 heavy (non-hydrogen) atoms. The molecule has 0 saturated carbocycles. The fourth-order valence-electron chi connectivity index (χ4n) is 3.65. The number of halogens is 2. The molecule has 1 aromatic carbocycles. The first-order valence-corrected chi connectivity index (χ1v) is 9.90. The van der Waals surface area contributed by atoms with Crippen molar-refractivity contribution in [2.75, 3.05) is 39.8 Å². The second kappa shape index (κ2) is 11.8. The van der Waals surface area contributed by atoms with E-state index >= 15 is 0 Å². The zero-order valence-corrected chi connectivity index (χ0v) is 19.0. The fourth-order valence-corrected chi connectivity index (χ4v) is 3.65. The molecule has 3 unspecified atom stereocenters. The van der Waals surface area contributed by atoms with Crippen molar-refractivity contribution in [2.45, 2.75) is 44.4 Å². The molecule has 2 aliphatic heterocycles. The molecule has 2 N–H and O–H groups in total. The van der Waals surface area contributed by atoms with Crippen LogP contribution in [0.25, 0.3) is 0 Å². The monoisotopic (exact) mass is 506 g/mol. The lowest BCUT2D eigenvalue weighted by molar-refractivity contribution is -0.0453. The van der Waals surface area contributed by atoms with Crippen molar-refractivity contribution < 1.29 is 13.9 Å². The molecule has 2 heterocycles. The highest BCUT2D eigenvalue weighted by Gasteiger charge is 2.32. The van der Waals surface area contributed by atoms with Crippen LogP contribution in [0, 0.1) is 5.82 Å². The van der Waals surface area contributed by atoms with Crippen molar-refractivity contribution in [3.8, 4) is 5.75 Å². The summed E-state index contributed by atoms with van der Waals surface area (Å²) in [4.78, 5) is 6.81. The number of fused-ring (bicyclic) bond motifs is 1. The first kappa shape index (κ1) is 23.2. The van der Waals surface area contributed by atoms with Gasteiger partial charge in [-0.2, -0.15) is 0 Å². The minimum absolute atomic E-state index is 0. The second-order valence-electron chi connectivity index (χ2n) is 7.19. The molecule has 1 aromatic rings. The molecule has 8 heteroatoms. The van der Waals surface area contributed by atoms with E-state index < -0.39 is 0 Å². The molecular weight excluding hydrogens is 474 g/mol. The van der Waals surface area contributed by atoms with Crippen LogP contribution in [0.4, 0.5) is 4.39 Å². The van der Waals surface area contributed by atoms with Crippen molar-refractivity contribution in [3.05, 3.63) is 30.1 Å². The number of nitrogens with one attached hydrogen (secondary N) is 2. The Hall–Kier alpha value is -1.13. The Morgan fingerprint density at radius 1 is 1.43 bits per heavy atom. The lowest BCUT2D eigenvalue weighted by Crippen LogP contribution is -2.52. The highest BCUT2D eigenvalue weighted by molar-refractivity contribution is 14.0. The molecule has 0 spiro atoms. The molecule has 0 aliphatic carbocycles. The van der Waals surface area contributed by atoms with Gasteiger partial charge in [-0.05, 0) is 37.9 Å². The van der Waals surface area contributed by atoms with Gasteiger partial charge in [-0.3, -0.25) is 9.89 Å². The van der Waals surface area contributed by atoms with E-state index in [1.54, 1.807) is 19.2 Å². The Morgan fingerprint density at radius 2 is 2.29 bits per heavy atom. The summed E-state index contributed by atoms with van der Waals surface area (Å²) < 4.78 is 25.1. The first-order valence-electron chi connectivity index (χ1n) is 9.90. The minimum atomic E-state index is -0.291. The van der Waals surface area contributed by atoms with Gasteiger partial charge < -0.3 is 20.1 Å². The number of hydrogen-bond acceptors (Lipinski definition) is 4. The van der Waals surface area contributed by atoms with Crippen LogP contribution < -0.4 is 15.4 Å². The van der Waals surface area contributed by atoms with E-state index in [1.165, 1.54) is 31.5 Å². The van der Waals surface area contributed by atoms with Gasteiger partial charge in [0, 0.05) is 32.2 Å². The van der Waals surface area contributed by atoms with E-state index in [4.69, 9.17) is 9.47 Å². The molecular formula is C20H32FIN4O2. The molecule has 3 atom stereocenters. The highest BCUT2D eigenvalue weighted by Crippen LogP contribution is 2.22. The number of aliphatic imine (C=N–C) groups is 1. The number of nitrogens with zero attached hydrogens (tertiary/aromatic N) is 2. The van der Waals surface area contributed by atoms with Crippen LogP contribution in [-0.4, -0.2) is 68.9 Å². The van der Waals surface area contributed by atoms with Crippen LogP contribution in [0.5, 0.6) is 5.75 Å². The maximum Gasteiger partial charge on any atom is 0.191 e. The smallest absolute Gasteiger partial charge is 0.191 e. The SMILES string of the molecule is CCC(CNC(=NC)NCC1CN2CCCC2CO1)Oc1cccc(F)c1.I. The summed E-state index contributed by atoms with van der Waals surface area (Å²) in [6, 6.07) is 6.85. The van der Waals surface area contributed by atoms with Crippen molar-refractivity contribution in [1.82, 2.24) is 15.5 Å². The van der Waals surface area contributed by atoms with Crippen LogP contribution in [0.3, 0.4) is 0 Å². The van der Waals surface area contributed by atoms with Crippen molar-refractivity contribution in [3.63, 3.8) is 0 Å². The number of hydrogen-bond donors (Lipinski definition) is 2. The largest absolute Gasteiger partial charge is 0.489 e. The van der Waals surface area contributed by atoms with Gasteiger partial charge in [-0.25, -0.2) is 4.39 Å². The standard InChI is InChI=1S/C20H31FN4O2.HI/c1-3-17(27-18-8-4-6-15(21)10-18)11-23-20(22-2)24-12-19-13-25-9-5-7-16(25)14-26-19;/h4,6,8,10,16-17,19H,3,5,7,9,11-14H2,1-2H3,(H2,22,23,24);1H. The number of rotatable bonds is 7. The number of morpholine rings is 1. The molecule has 0 aromatic heterocycles. The predicted molar refractivity (Wildman–Crippen MR) is 120 cm³/mol. The zero-order chi connectivity index (χ0) is 19.1. The number of guanidine groups is 1. The average molecular weight is 506 g/mol. The number of benzene rings is 1. The van der Waals surface area contributed by atoms with E-state index in [0.717, 1.165) is 32.1 Å². The maximum atomic E-state index is 13.3. The Bertz CT molecular complexity index is 634. The highest BCUT2D eigenvalue weighted by atomic mass is 127. The number of ether oxygens (including phenoxy) is 2. The van der Waals surface area contributed by atoms with Crippen LogP contribution in [0.2, 0.25) is 0 Å². The molecule has 158 valence electrons. The second-order valence-corrected chi connectivity index (χ2v) is 7.19. The lowest BCUT2D eigenvalue weighted by Gasteiger charge is -2.35. The van der Waals surface area contributed by atoms with Gasteiger partial charge in [-0.1, -0.05) is 13.0 Å². The van der Waals surface area contributed by atoms with Gasteiger partial charge in [0.1, 0.15) is 17.7 Å². The molecule has 2 saturated heterocycles. The average Bonchev–Trinajstić information content (AvgIpc) is 3.15. The Kier molecular flexibility index (Phi) is 9.73. The zero-order valence-electron chi connectivity index (χ0n) is 16.7. The summed E-state index contributed by atoms with van der Waals surface area (Å²) in [5.41, 5.74) is 0. The minimum Gasteiger partial charge on any atom is -0.489 e. The Balaban J connectivity index is 0.00000280. The Labute approximate surface area is 184 Å². The summed E-state index contributed by atoms with van der Waals surface area (Å²) in [5, 5.41) is 6.64. The van der Waals surface area contributed by atoms with Gasteiger partial charge in [0.05, 0.1) is 19.3 Å². The van der Waals surface area contributed by atoms with Crippen molar-refractivity contribution in [2.24, 2.45) is 4.99 Å². The summed E-state index contributed by atoms with van der Waals surface area (Å²) in [6.07, 6.45) is 3.46. The molecule has 0 amide bonds. The third-order valence-corrected chi connectivity index (χ3v) is 5.23. The van der Waals surface area contributed by atoms with Crippen LogP contribution in [0.15, 0.2) is 29.3 Å². The van der Waals surface area contributed by atoms with Crippen molar-refractivity contribution >= 4 is 29.9 Å². The molecule has 2 fully saturated rings. The van der Waals surface area contributed by atoms with Gasteiger partial charge in [0.15, 0.2) is 5.96 Å². The van der Waals surface area contributed by atoms with Gasteiger partial charge in [0.2, 0.25) is 0 Å². The molecule has 3 rings (SSSR count). The third-order valence-electron chi connectivity index (χ3n) is 5.23. The molecule has 6 nitrogen and oxygen atoms in total. The van der Waals surface area contributed by atoms with Crippen LogP contribution in [0.1, 0.15) is 26.2 Å². The lowest BCUT2D eigenvalue weighted by atomic mass is 10.2. The van der Waals surface area contributed by atoms with E-state index in [1.807, 2.05) is 6.92 Å². The summed E-state index contributed by atoms with van der Waals surface area (Å²) in [5.74, 6) is 0.978. The molecule has 2 aliphatic rings. The van der Waals surface area contributed by atoms with E-state index in [2.05, 4.69) is 20.5 Å². The van der Waals surface area contributed by atoms with Gasteiger partial charge >= 0.3 is 0 Å². The van der Waals surface area contributed by atoms with E-state index in [0.29, 0.717) is 18.3 Å². The summed E-state index contributed by atoms with van der Waals surface area (Å²) in [7, 11) is 1.75. The summed E-state index contributed by atoms with van der Waals surface area (Å²) >= 11 is 0.